The summed E-state index contributed by atoms with van der Waals surface area (Å²) in [5.41, 5.74) is 0.378. The Hall–Kier alpha value is -1.45. The van der Waals surface area contributed by atoms with Crippen LogP contribution in [-0.2, 0) is 19.6 Å². The van der Waals surface area contributed by atoms with Crippen LogP contribution in [0.4, 0.5) is 0 Å². The molecule has 3 heterocycles. The van der Waals surface area contributed by atoms with Crippen molar-refractivity contribution in [2.45, 2.75) is 24.7 Å². The van der Waals surface area contributed by atoms with Crippen LogP contribution in [0.1, 0.15) is 18.4 Å². The van der Waals surface area contributed by atoms with Gasteiger partial charge in [-0.3, -0.25) is 4.79 Å². The number of nitrogens with one attached hydrogen (secondary N) is 1. The number of hydrogen-bond donors (Lipinski definition) is 1. The molecule has 146 valence electrons. The molecule has 3 aliphatic heterocycles. The molecule has 0 aliphatic carbocycles. The first-order valence-corrected chi connectivity index (χ1v) is 10.9. The first-order valence-electron chi connectivity index (χ1n) is 8.99. The van der Waals surface area contributed by atoms with Crippen molar-refractivity contribution in [1.82, 2.24) is 14.5 Å². The first-order chi connectivity index (χ1) is 12.9. The minimum Gasteiger partial charge on any atom is -0.348 e. The summed E-state index contributed by atoms with van der Waals surface area (Å²) in [6.45, 7) is 2.25. The highest BCUT2D eigenvalue weighted by molar-refractivity contribution is 7.92. The predicted octanol–water partition coefficient (Wildman–Crippen LogP) is 1.26. The summed E-state index contributed by atoms with van der Waals surface area (Å²) in [7, 11) is -3.73. The normalized spacial score (nSPS) is 26.0. The van der Waals surface area contributed by atoms with E-state index in [1.807, 2.05) is 0 Å². The van der Waals surface area contributed by atoms with E-state index >= 15 is 0 Å². The van der Waals surface area contributed by atoms with Crippen LogP contribution in [0.2, 0.25) is 5.02 Å². The molecule has 1 N–H and O–H groups in total. The Balaban J connectivity index is 1.48. The number of sulfonamides is 1. The van der Waals surface area contributed by atoms with Crippen LogP contribution in [0, 0.1) is 0 Å². The number of amides is 1. The third-order valence-corrected chi connectivity index (χ3v) is 7.09. The monoisotopic (exact) mass is 411 g/mol. The third kappa shape index (κ3) is 3.90. The van der Waals surface area contributed by atoms with Crippen LogP contribution < -0.4 is 5.32 Å². The topological polar surface area (TPSA) is 79.0 Å². The highest BCUT2D eigenvalue weighted by atomic mass is 35.5. The Kier molecular flexibility index (Phi) is 5.02. The van der Waals surface area contributed by atoms with E-state index in [9.17, 15) is 13.2 Å². The Morgan fingerprint density at radius 1 is 1.22 bits per heavy atom. The highest BCUT2D eigenvalue weighted by Crippen LogP contribution is 2.35. The van der Waals surface area contributed by atoms with Crippen molar-refractivity contribution < 1.29 is 17.9 Å². The molecule has 3 saturated heterocycles. The quantitative estimate of drug-likeness (QED) is 0.810. The molecule has 9 heteroatoms. The highest BCUT2D eigenvalue weighted by Gasteiger charge is 2.51. The van der Waals surface area contributed by atoms with E-state index in [1.54, 1.807) is 29.2 Å². The second-order valence-corrected chi connectivity index (χ2v) is 9.47. The molecule has 1 aromatic rings. The van der Waals surface area contributed by atoms with Crippen molar-refractivity contribution in [3.8, 4) is 0 Å². The summed E-state index contributed by atoms with van der Waals surface area (Å²) in [4.78, 5) is 14.3. The number of nitrogens with zero attached hydrogens (tertiary/aromatic N) is 2. The van der Waals surface area contributed by atoms with Gasteiger partial charge < -0.3 is 15.0 Å². The van der Waals surface area contributed by atoms with E-state index in [4.69, 9.17) is 16.3 Å². The molecule has 1 atom stereocenters. The van der Waals surface area contributed by atoms with Crippen LogP contribution in [0.15, 0.2) is 29.7 Å². The average Bonchev–Trinajstić information content (AvgIpc) is 3.00. The Labute approximate surface area is 164 Å². The van der Waals surface area contributed by atoms with Gasteiger partial charge in [-0.2, -0.15) is 4.31 Å². The summed E-state index contributed by atoms with van der Waals surface area (Å²) >= 11 is 5.84. The van der Waals surface area contributed by atoms with E-state index in [1.165, 1.54) is 10.4 Å². The van der Waals surface area contributed by atoms with Crippen LogP contribution >= 0.6 is 11.6 Å². The van der Waals surface area contributed by atoms with Crippen molar-refractivity contribution in [3.05, 3.63) is 40.3 Å². The zero-order chi connectivity index (χ0) is 19.1. The molecule has 7 nitrogen and oxygen atoms in total. The van der Waals surface area contributed by atoms with Gasteiger partial charge in [0.2, 0.25) is 15.9 Å². The molecule has 1 unspecified atom stereocenters. The van der Waals surface area contributed by atoms with Gasteiger partial charge in [0.1, 0.15) is 6.23 Å². The Morgan fingerprint density at radius 3 is 2.63 bits per heavy atom. The third-order valence-electron chi connectivity index (χ3n) is 5.36. The smallest absolute Gasteiger partial charge is 0.240 e. The number of halogens is 1. The van der Waals surface area contributed by atoms with Gasteiger partial charge in [-0.15, -0.1) is 0 Å². The number of piperidine rings is 1. The lowest BCUT2D eigenvalue weighted by Crippen LogP contribution is -2.55. The summed E-state index contributed by atoms with van der Waals surface area (Å²) < 4.78 is 32.8. The van der Waals surface area contributed by atoms with Crippen molar-refractivity contribution in [2.24, 2.45) is 0 Å². The fourth-order valence-electron chi connectivity index (χ4n) is 3.84. The predicted molar refractivity (Wildman–Crippen MR) is 102 cm³/mol. The fourth-order valence-corrected chi connectivity index (χ4v) is 5.10. The molecule has 4 rings (SSSR count). The van der Waals surface area contributed by atoms with Crippen molar-refractivity contribution in [1.29, 1.82) is 0 Å². The van der Waals surface area contributed by atoms with Crippen LogP contribution in [0.5, 0.6) is 0 Å². The minimum absolute atomic E-state index is 0.151. The lowest BCUT2D eigenvalue weighted by molar-refractivity contribution is -0.144. The SMILES string of the molecule is O=C1CN(S(=O)(=O)C=Cc2ccc(Cl)cc2)CC2OC3(CCNCC3)CN12. The number of rotatable bonds is 3. The van der Waals surface area contributed by atoms with Gasteiger partial charge in [0.25, 0.3) is 0 Å². The maximum Gasteiger partial charge on any atom is 0.240 e. The van der Waals surface area contributed by atoms with Gasteiger partial charge in [0, 0.05) is 10.4 Å². The molecule has 3 fully saturated rings. The van der Waals surface area contributed by atoms with E-state index < -0.39 is 16.3 Å². The molecule has 0 bridgehead atoms. The van der Waals surface area contributed by atoms with E-state index in [2.05, 4.69) is 5.32 Å². The number of carbonyl (C=O) groups excluding carboxylic acids is 1. The zero-order valence-electron chi connectivity index (χ0n) is 14.8. The second-order valence-electron chi connectivity index (χ2n) is 7.22. The molecule has 3 aliphatic rings. The average molecular weight is 412 g/mol. The first kappa shape index (κ1) is 18.9. The van der Waals surface area contributed by atoms with Crippen molar-refractivity contribution in [2.75, 3.05) is 32.7 Å². The maximum atomic E-state index is 12.7. The number of piperazine rings is 1. The van der Waals surface area contributed by atoms with Gasteiger partial charge >= 0.3 is 0 Å². The molecular formula is C18H22ClN3O4S. The number of hydrogen-bond acceptors (Lipinski definition) is 5. The summed E-state index contributed by atoms with van der Waals surface area (Å²) in [6.07, 6.45) is 2.65. The summed E-state index contributed by atoms with van der Waals surface area (Å²) in [6, 6.07) is 6.86. The van der Waals surface area contributed by atoms with E-state index in [-0.39, 0.29) is 24.6 Å². The largest absolute Gasteiger partial charge is 0.348 e. The Morgan fingerprint density at radius 2 is 1.93 bits per heavy atom. The van der Waals surface area contributed by atoms with E-state index in [0.717, 1.165) is 36.9 Å². The second kappa shape index (κ2) is 7.18. The molecular weight excluding hydrogens is 390 g/mol. The molecule has 0 radical (unpaired) electrons. The van der Waals surface area contributed by atoms with Gasteiger partial charge in [0.15, 0.2) is 0 Å². The van der Waals surface area contributed by atoms with Crippen molar-refractivity contribution in [3.63, 3.8) is 0 Å². The maximum absolute atomic E-state index is 12.7. The van der Waals surface area contributed by atoms with Gasteiger partial charge in [-0.1, -0.05) is 23.7 Å². The number of carbonyl (C=O) groups is 1. The summed E-state index contributed by atoms with van der Waals surface area (Å²) in [5.74, 6) is -0.204. The van der Waals surface area contributed by atoms with Gasteiger partial charge in [-0.05, 0) is 49.7 Å². The van der Waals surface area contributed by atoms with Crippen LogP contribution in [0.3, 0.4) is 0 Å². The van der Waals surface area contributed by atoms with Gasteiger partial charge in [-0.25, -0.2) is 8.42 Å². The van der Waals surface area contributed by atoms with Crippen LogP contribution in [0.25, 0.3) is 6.08 Å². The van der Waals surface area contributed by atoms with Gasteiger partial charge in [0.05, 0.1) is 25.2 Å². The molecule has 1 aromatic carbocycles. The molecule has 1 spiro atoms. The Bertz CT molecular complexity index is 850. The molecule has 1 amide bonds. The number of benzene rings is 1. The lowest BCUT2D eigenvalue weighted by Gasteiger charge is -2.34. The number of ether oxygens (including phenoxy) is 1. The zero-order valence-corrected chi connectivity index (χ0v) is 16.4. The van der Waals surface area contributed by atoms with E-state index in [0.29, 0.717) is 11.6 Å². The number of fused-ring (bicyclic) bond motifs is 1. The molecule has 27 heavy (non-hydrogen) atoms. The molecule has 0 saturated carbocycles. The summed E-state index contributed by atoms with van der Waals surface area (Å²) in [5, 5.41) is 5.01. The standard InChI is InChI=1S/C18H22ClN3O4S/c19-15-3-1-14(2-4-15)5-10-27(24,25)21-11-16(23)22-13-18(26-17(22)12-21)6-8-20-9-7-18/h1-5,10,17,20H,6-9,11-13H2. The molecule has 0 aromatic heterocycles. The van der Waals surface area contributed by atoms with Crippen LogP contribution in [-0.4, -0.2) is 68.1 Å². The fraction of sp³-hybridized carbons (Fsp3) is 0.500. The lowest BCUT2D eigenvalue weighted by atomic mass is 9.92. The minimum atomic E-state index is -3.73. The van der Waals surface area contributed by atoms with Crippen molar-refractivity contribution >= 4 is 33.6 Å².